The van der Waals surface area contributed by atoms with Gasteiger partial charge >= 0.3 is 0 Å². The van der Waals surface area contributed by atoms with Gasteiger partial charge in [0.2, 0.25) is 0 Å². The molecule has 0 aromatic carbocycles. The first-order valence-electron chi connectivity index (χ1n) is 4.51. The molecule has 2 rings (SSSR count). The second-order valence-corrected chi connectivity index (χ2v) is 6.11. The van der Waals surface area contributed by atoms with Crippen LogP contribution in [0.15, 0.2) is 0 Å². The third kappa shape index (κ3) is 1.57. The molecule has 2 bridgehead atoms. The fourth-order valence-electron chi connectivity index (χ4n) is 2.35. The summed E-state index contributed by atoms with van der Waals surface area (Å²) < 4.78 is 6.30. The van der Waals surface area contributed by atoms with E-state index in [1.54, 1.807) is 0 Å². The van der Waals surface area contributed by atoms with Crippen molar-refractivity contribution >= 4 is 22.6 Å². The van der Waals surface area contributed by atoms with E-state index in [2.05, 4.69) is 29.5 Å². The van der Waals surface area contributed by atoms with E-state index in [1.807, 2.05) is 0 Å². The van der Waals surface area contributed by atoms with Gasteiger partial charge in [-0.3, -0.25) is 0 Å². The molecule has 0 aromatic rings. The largest absolute Gasteiger partial charge is 0.359 e. The fraction of sp³-hybridized carbons (Fsp3) is 1.00. The number of fused-ring (bicyclic) bond motifs is 2. The van der Waals surface area contributed by atoms with Crippen LogP contribution in [0.5, 0.6) is 0 Å². The van der Waals surface area contributed by atoms with Gasteiger partial charge in [0.05, 0.1) is 5.60 Å². The normalized spacial score (nSPS) is 50.7. The van der Waals surface area contributed by atoms with Gasteiger partial charge in [0, 0.05) is 0 Å². The molecule has 0 radical (unpaired) electrons. The Balaban J connectivity index is 2.16. The van der Waals surface area contributed by atoms with Gasteiger partial charge < -0.3 is 4.74 Å². The molecule has 0 spiro atoms. The first kappa shape index (κ1) is 8.30. The van der Waals surface area contributed by atoms with Gasteiger partial charge in [-0.05, 0) is 68.0 Å². The second-order valence-electron chi connectivity index (χ2n) is 4.14. The standard InChI is InChI=1S/C9H15IO/c1-8-4-2-6-9(10,11-8)7-3-5-8/h2-7H2,1H3. The highest BCUT2D eigenvalue weighted by Gasteiger charge is 2.44. The number of rotatable bonds is 0. The van der Waals surface area contributed by atoms with Gasteiger partial charge in [-0.1, -0.05) is 0 Å². The number of hydrogen-bond donors (Lipinski definition) is 0. The summed E-state index contributed by atoms with van der Waals surface area (Å²) in [5, 5.41) is 0. The molecule has 64 valence electrons. The maximum atomic E-state index is 6.08. The summed E-state index contributed by atoms with van der Waals surface area (Å²) in [5.74, 6) is 0. The van der Waals surface area contributed by atoms with Gasteiger partial charge in [0.15, 0.2) is 0 Å². The van der Waals surface area contributed by atoms with E-state index in [-0.39, 0.29) is 9.21 Å². The lowest BCUT2D eigenvalue weighted by Gasteiger charge is -2.48. The summed E-state index contributed by atoms with van der Waals surface area (Å²) in [6, 6.07) is 0. The molecule has 0 atom stereocenters. The summed E-state index contributed by atoms with van der Waals surface area (Å²) in [6.07, 6.45) is 7.81. The van der Waals surface area contributed by atoms with Gasteiger partial charge in [0.25, 0.3) is 0 Å². The SMILES string of the molecule is CC12CCCC(I)(CCC1)O2. The monoisotopic (exact) mass is 266 g/mol. The van der Waals surface area contributed by atoms with Crippen LogP contribution in [0.1, 0.15) is 45.4 Å². The second kappa shape index (κ2) is 2.59. The highest BCUT2D eigenvalue weighted by Crippen LogP contribution is 2.48. The predicted molar refractivity (Wildman–Crippen MR) is 53.9 cm³/mol. The molecule has 0 unspecified atom stereocenters. The average molecular weight is 266 g/mol. The van der Waals surface area contributed by atoms with Crippen LogP contribution in [-0.2, 0) is 4.74 Å². The van der Waals surface area contributed by atoms with Crippen LogP contribution < -0.4 is 0 Å². The van der Waals surface area contributed by atoms with Crippen LogP contribution >= 0.6 is 22.6 Å². The fourth-order valence-corrected chi connectivity index (χ4v) is 3.64. The average Bonchev–Trinajstić information content (AvgIpc) is 1.83. The molecule has 0 amide bonds. The van der Waals surface area contributed by atoms with E-state index < -0.39 is 0 Å². The van der Waals surface area contributed by atoms with E-state index in [1.165, 1.54) is 38.5 Å². The van der Waals surface area contributed by atoms with Gasteiger partial charge in [0.1, 0.15) is 3.61 Å². The lowest BCUT2D eigenvalue weighted by atomic mass is 9.83. The zero-order valence-corrected chi connectivity index (χ0v) is 9.19. The summed E-state index contributed by atoms with van der Waals surface area (Å²) in [7, 11) is 0. The Morgan fingerprint density at radius 1 is 1.09 bits per heavy atom. The van der Waals surface area contributed by atoms with Crippen molar-refractivity contribution in [2.24, 2.45) is 0 Å². The van der Waals surface area contributed by atoms with Crippen molar-refractivity contribution in [2.45, 2.75) is 54.7 Å². The molecule has 11 heavy (non-hydrogen) atoms. The highest BCUT2D eigenvalue weighted by molar-refractivity contribution is 14.1. The van der Waals surface area contributed by atoms with Crippen LogP contribution in [0.2, 0.25) is 0 Å². The Morgan fingerprint density at radius 2 is 1.64 bits per heavy atom. The number of halogens is 1. The lowest BCUT2D eigenvalue weighted by molar-refractivity contribution is -0.157. The zero-order chi connectivity index (χ0) is 7.95. The molecule has 0 aromatic heterocycles. The van der Waals surface area contributed by atoms with Crippen LogP contribution in [0.4, 0.5) is 0 Å². The number of hydrogen-bond acceptors (Lipinski definition) is 1. The minimum Gasteiger partial charge on any atom is -0.359 e. The summed E-state index contributed by atoms with van der Waals surface area (Å²) in [6.45, 7) is 2.28. The molecule has 2 heteroatoms. The molecule has 0 saturated carbocycles. The van der Waals surface area contributed by atoms with E-state index in [0.29, 0.717) is 0 Å². The van der Waals surface area contributed by atoms with Gasteiger partial charge in [-0.2, -0.15) is 0 Å². The Morgan fingerprint density at radius 3 is 2.00 bits per heavy atom. The maximum Gasteiger partial charge on any atom is 0.119 e. The summed E-state index contributed by atoms with van der Waals surface area (Å²) in [4.78, 5) is 0. The van der Waals surface area contributed by atoms with Crippen molar-refractivity contribution in [1.82, 2.24) is 0 Å². The highest BCUT2D eigenvalue weighted by atomic mass is 127. The molecule has 2 aliphatic heterocycles. The van der Waals surface area contributed by atoms with E-state index >= 15 is 0 Å². The summed E-state index contributed by atoms with van der Waals surface area (Å²) >= 11 is 2.51. The van der Waals surface area contributed by atoms with Crippen molar-refractivity contribution in [1.29, 1.82) is 0 Å². The van der Waals surface area contributed by atoms with Crippen molar-refractivity contribution in [3.63, 3.8) is 0 Å². The van der Waals surface area contributed by atoms with Crippen LogP contribution in [0, 0.1) is 0 Å². The molecule has 2 heterocycles. The third-order valence-corrected chi connectivity index (χ3v) is 4.24. The number of alkyl halides is 1. The molecule has 2 fully saturated rings. The van der Waals surface area contributed by atoms with Crippen LogP contribution in [0.3, 0.4) is 0 Å². The summed E-state index contributed by atoms with van der Waals surface area (Å²) in [5.41, 5.74) is 0.234. The number of ether oxygens (including phenoxy) is 1. The Labute approximate surface area is 82.0 Å². The maximum absolute atomic E-state index is 6.08. The van der Waals surface area contributed by atoms with Gasteiger partial charge in [-0.25, -0.2) is 0 Å². The van der Waals surface area contributed by atoms with Crippen molar-refractivity contribution in [3.05, 3.63) is 0 Å². The Kier molecular flexibility index (Phi) is 1.95. The first-order chi connectivity index (χ1) is 5.12. The smallest absolute Gasteiger partial charge is 0.119 e. The molecule has 1 nitrogen and oxygen atoms in total. The predicted octanol–water partition coefficient (Wildman–Crippen LogP) is 3.26. The topological polar surface area (TPSA) is 9.23 Å². The first-order valence-corrected chi connectivity index (χ1v) is 5.59. The van der Waals surface area contributed by atoms with Crippen LogP contribution in [-0.4, -0.2) is 9.21 Å². The van der Waals surface area contributed by atoms with Crippen molar-refractivity contribution in [3.8, 4) is 0 Å². The zero-order valence-electron chi connectivity index (χ0n) is 7.03. The molecule has 2 aliphatic rings. The lowest BCUT2D eigenvalue weighted by Crippen LogP contribution is -2.46. The quantitative estimate of drug-likeness (QED) is 0.483. The van der Waals surface area contributed by atoms with Crippen molar-refractivity contribution < 1.29 is 4.74 Å². The van der Waals surface area contributed by atoms with Crippen molar-refractivity contribution in [2.75, 3.05) is 0 Å². The Bertz CT molecular complexity index is 141. The minimum atomic E-state index is 0.211. The Hall–Kier alpha value is 0.690. The van der Waals surface area contributed by atoms with E-state index in [9.17, 15) is 0 Å². The molecular weight excluding hydrogens is 251 g/mol. The minimum absolute atomic E-state index is 0.211. The van der Waals surface area contributed by atoms with E-state index in [0.717, 1.165) is 0 Å². The van der Waals surface area contributed by atoms with Gasteiger partial charge in [-0.15, -0.1) is 0 Å². The van der Waals surface area contributed by atoms with Crippen LogP contribution in [0.25, 0.3) is 0 Å². The third-order valence-electron chi connectivity index (χ3n) is 2.94. The molecule has 0 aliphatic carbocycles. The molecule has 2 saturated heterocycles. The molecule has 0 N–H and O–H groups in total. The van der Waals surface area contributed by atoms with E-state index in [4.69, 9.17) is 4.74 Å². The molecular formula is C9H15IO.